The van der Waals surface area contributed by atoms with E-state index in [1.54, 1.807) is 0 Å². The van der Waals surface area contributed by atoms with E-state index in [-0.39, 0.29) is 0 Å². The molecule has 146 valence electrons. The minimum absolute atomic E-state index is 0.342. The van der Waals surface area contributed by atoms with Gasteiger partial charge in [-0.05, 0) is 32.1 Å². The van der Waals surface area contributed by atoms with Crippen molar-refractivity contribution in [2.75, 3.05) is 33.0 Å². The number of hydrogen-bond donors (Lipinski definition) is 1. The Kier molecular flexibility index (Phi) is 22.8. The summed E-state index contributed by atoms with van der Waals surface area (Å²) >= 11 is 0. The van der Waals surface area contributed by atoms with Crippen molar-refractivity contribution in [3.63, 3.8) is 0 Å². The van der Waals surface area contributed by atoms with E-state index in [1.807, 2.05) is 0 Å². The van der Waals surface area contributed by atoms with Crippen molar-refractivity contribution in [1.29, 1.82) is 0 Å². The number of unbranched alkanes of at least 4 members (excludes halogenated alkanes) is 12. The van der Waals surface area contributed by atoms with Gasteiger partial charge in [-0.1, -0.05) is 71.1 Å². The fourth-order valence-electron chi connectivity index (χ4n) is 2.80. The molecule has 0 spiro atoms. The van der Waals surface area contributed by atoms with Crippen molar-refractivity contribution < 1.29 is 14.6 Å². The first-order valence-corrected chi connectivity index (χ1v) is 10.7. The van der Waals surface area contributed by atoms with E-state index in [1.165, 1.54) is 89.9 Å². The van der Waals surface area contributed by atoms with Gasteiger partial charge in [-0.25, -0.2) is 0 Å². The highest BCUT2D eigenvalue weighted by molar-refractivity contribution is 4.47. The summed E-state index contributed by atoms with van der Waals surface area (Å²) in [6.45, 7) is 6.34. The predicted octanol–water partition coefficient (Wildman–Crippen LogP) is 5.88. The Bertz CT molecular complexity index is 187. The van der Waals surface area contributed by atoms with Crippen LogP contribution in [0.3, 0.4) is 0 Å². The third-order valence-electron chi connectivity index (χ3n) is 4.42. The van der Waals surface area contributed by atoms with Gasteiger partial charge >= 0.3 is 0 Å². The summed E-state index contributed by atoms with van der Waals surface area (Å²) in [5.41, 5.74) is 0. The number of hydrogen-bond acceptors (Lipinski definition) is 3. The Morgan fingerprint density at radius 3 is 1.17 bits per heavy atom. The van der Waals surface area contributed by atoms with Crippen molar-refractivity contribution >= 4 is 0 Å². The third-order valence-corrected chi connectivity index (χ3v) is 4.42. The van der Waals surface area contributed by atoms with Gasteiger partial charge in [0, 0.05) is 33.0 Å². The van der Waals surface area contributed by atoms with Gasteiger partial charge in [0.05, 0.1) is 0 Å². The van der Waals surface area contributed by atoms with Gasteiger partial charge in [-0.15, -0.1) is 0 Å². The first kappa shape index (κ1) is 23.9. The maximum atomic E-state index is 8.69. The molecule has 0 aliphatic heterocycles. The highest BCUT2D eigenvalue weighted by Gasteiger charge is 1.95. The summed E-state index contributed by atoms with van der Waals surface area (Å²) in [5.74, 6) is 0. The summed E-state index contributed by atoms with van der Waals surface area (Å²) < 4.78 is 11.3. The van der Waals surface area contributed by atoms with Crippen molar-refractivity contribution in [1.82, 2.24) is 0 Å². The molecule has 1 N–H and O–H groups in total. The van der Waals surface area contributed by atoms with Crippen LogP contribution in [0.2, 0.25) is 0 Å². The van der Waals surface area contributed by atoms with E-state index in [0.717, 1.165) is 32.8 Å². The quantitative estimate of drug-likeness (QED) is 0.264. The molecule has 0 aromatic heterocycles. The first-order valence-electron chi connectivity index (χ1n) is 10.7. The molecule has 0 heterocycles. The minimum atomic E-state index is 0.342. The third kappa shape index (κ3) is 21.9. The Labute approximate surface area is 151 Å². The maximum Gasteiger partial charge on any atom is 0.0466 e. The molecular weight excluding hydrogens is 300 g/mol. The topological polar surface area (TPSA) is 38.7 Å². The van der Waals surface area contributed by atoms with Crippen LogP contribution >= 0.6 is 0 Å². The van der Waals surface area contributed by atoms with Gasteiger partial charge < -0.3 is 14.6 Å². The number of aliphatic hydroxyl groups is 1. The number of aliphatic hydroxyl groups excluding tert-OH is 1. The van der Waals surface area contributed by atoms with E-state index in [2.05, 4.69) is 6.92 Å². The molecule has 24 heavy (non-hydrogen) atoms. The molecule has 0 unspecified atom stereocenters. The van der Waals surface area contributed by atoms with Crippen LogP contribution in [0.5, 0.6) is 0 Å². The molecule has 0 rings (SSSR count). The smallest absolute Gasteiger partial charge is 0.0466 e. The Hall–Kier alpha value is -0.120. The lowest BCUT2D eigenvalue weighted by Crippen LogP contribution is -1.98. The fourth-order valence-corrected chi connectivity index (χ4v) is 2.80. The Balaban J connectivity index is 2.93. The zero-order chi connectivity index (χ0) is 17.6. The Morgan fingerprint density at radius 1 is 0.458 bits per heavy atom. The lowest BCUT2D eigenvalue weighted by atomic mass is 10.1. The molecular formula is C21H44O3. The predicted molar refractivity (Wildman–Crippen MR) is 104 cm³/mol. The normalized spacial score (nSPS) is 11.2. The maximum absolute atomic E-state index is 8.69. The van der Waals surface area contributed by atoms with Crippen LogP contribution < -0.4 is 0 Å². The van der Waals surface area contributed by atoms with Gasteiger partial charge in [0.15, 0.2) is 0 Å². The van der Waals surface area contributed by atoms with E-state index in [4.69, 9.17) is 14.6 Å². The fraction of sp³-hybridized carbons (Fsp3) is 1.00. The van der Waals surface area contributed by atoms with Crippen LogP contribution in [-0.4, -0.2) is 38.1 Å². The van der Waals surface area contributed by atoms with Crippen molar-refractivity contribution in [2.45, 2.75) is 103 Å². The molecule has 0 bridgehead atoms. The number of rotatable bonds is 21. The molecule has 0 amide bonds. The summed E-state index contributed by atoms with van der Waals surface area (Å²) in [5, 5.41) is 8.69. The zero-order valence-corrected chi connectivity index (χ0v) is 16.4. The van der Waals surface area contributed by atoms with Crippen LogP contribution in [0.15, 0.2) is 0 Å². The molecule has 0 fully saturated rings. The highest BCUT2D eigenvalue weighted by Crippen LogP contribution is 2.07. The molecule has 0 saturated carbocycles. The molecule has 0 aromatic rings. The summed E-state index contributed by atoms with van der Waals surface area (Å²) in [6, 6.07) is 0. The van der Waals surface area contributed by atoms with Crippen LogP contribution in [-0.2, 0) is 9.47 Å². The van der Waals surface area contributed by atoms with Crippen molar-refractivity contribution in [3.8, 4) is 0 Å². The molecule has 0 aromatic carbocycles. The monoisotopic (exact) mass is 344 g/mol. The van der Waals surface area contributed by atoms with E-state index < -0.39 is 0 Å². The summed E-state index contributed by atoms with van der Waals surface area (Å²) in [4.78, 5) is 0. The average molecular weight is 345 g/mol. The van der Waals surface area contributed by atoms with Gasteiger partial charge in [-0.3, -0.25) is 0 Å². The standard InChI is InChI=1S/C21H44O3/c1-2-3-4-13-18-23-20-15-10-7-11-16-21-24-19-14-9-6-5-8-12-17-22/h22H,2-21H2,1H3. The highest BCUT2D eigenvalue weighted by atomic mass is 16.5. The van der Waals surface area contributed by atoms with E-state index >= 15 is 0 Å². The van der Waals surface area contributed by atoms with Crippen LogP contribution in [0.4, 0.5) is 0 Å². The second-order valence-electron chi connectivity index (χ2n) is 6.90. The molecule has 3 nitrogen and oxygen atoms in total. The van der Waals surface area contributed by atoms with E-state index in [0.29, 0.717) is 6.61 Å². The minimum Gasteiger partial charge on any atom is -0.396 e. The molecule has 3 heteroatoms. The second kappa shape index (κ2) is 22.9. The van der Waals surface area contributed by atoms with Crippen molar-refractivity contribution in [2.24, 2.45) is 0 Å². The lowest BCUT2D eigenvalue weighted by Gasteiger charge is -2.05. The molecule has 0 radical (unpaired) electrons. The molecule has 0 aliphatic rings. The molecule has 0 saturated heterocycles. The SMILES string of the molecule is CCCCCCOCCCCCCCOCCCCCCCCO. The Morgan fingerprint density at radius 2 is 0.792 bits per heavy atom. The van der Waals surface area contributed by atoms with Gasteiger partial charge in [0.1, 0.15) is 0 Å². The van der Waals surface area contributed by atoms with Crippen molar-refractivity contribution in [3.05, 3.63) is 0 Å². The van der Waals surface area contributed by atoms with Gasteiger partial charge in [0.25, 0.3) is 0 Å². The zero-order valence-electron chi connectivity index (χ0n) is 16.4. The van der Waals surface area contributed by atoms with Crippen LogP contribution in [0.1, 0.15) is 103 Å². The second-order valence-corrected chi connectivity index (χ2v) is 6.90. The van der Waals surface area contributed by atoms with Gasteiger partial charge in [-0.2, -0.15) is 0 Å². The van der Waals surface area contributed by atoms with Crippen LogP contribution in [0.25, 0.3) is 0 Å². The lowest BCUT2D eigenvalue weighted by molar-refractivity contribution is 0.121. The number of ether oxygens (including phenoxy) is 2. The first-order chi connectivity index (χ1) is 11.9. The molecule has 0 aliphatic carbocycles. The molecule has 0 atom stereocenters. The largest absolute Gasteiger partial charge is 0.396 e. The van der Waals surface area contributed by atoms with Crippen LogP contribution in [0, 0.1) is 0 Å². The van der Waals surface area contributed by atoms with E-state index in [9.17, 15) is 0 Å². The summed E-state index contributed by atoms with van der Waals surface area (Å²) in [6.07, 6.45) is 18.6. The van der Waals surface area contributed by atoms with Gasteiger partial charge in [0.2, 0.25) is 0 Å². The average Bonchev–Trinajstić information content (AvgIpc) is 2.60. The summed E-state index contributed by atoms with van der Waals surface area (Å²) in [7, 11) is 0.